The van der Waals surface area contributed by atoms with Crippen LogP contribution in [0.3, 0.4) is 0 Å². The number of anilines is 2. The van der Waals surface area contributed by atoms with Crippen LogP contribution in [0.5, 0.6) is 5.75 Å². The second-order valence-corrected chi connectivity index (χ2v) is 11.0. The van der Waals surface area contributed by atoms with Gasteiger partial charge in [0.25, 0.3) is 0 Å². The molecular formula is C32H33N3O5S. The van der Waals surface area contributed by atoms with E-state index >= 15 is 0 Å². The lowest BCUT2D eigenvalue weighted by atomic mass is 10.00. The topological polar surface area (TPSA) is 101 Å². The molecule has 4 aromatic rings. The number of ketones is 1. The number of carboxylic acid groups (broad SMARTS) is 1. The highest BCUT2D eigenvalue weighted by atomic mass is 32.1. The van der Waals surface area contributed by atoms with Crippen molar-refractivity contribution in [2.45, 2.75) is 25.8 Å². The number of aryl methyl sites for hydroxylation is 1. The van der Waals surface area contributed by atoms with E-state index in [9.17, 15) is 14.7 Å². The molecule has 41 heavy (non-hydrogen) atoms. The van der Waals surface area contributed by atoms with Crippen molar-refractivity contribution in [2.24, 2.45) is 0 Å². The van der Waals surface area contributed by atoms with Crippen molar-refractivity contribution in [2.75, 3.05) is 43.1 Å². The summed E-state index contributed by atoms with van der Waals surface area (Å²) in [6, 6.07) is 22.5. The lowest BCUT2D eigenvalue weighted by molar-refractivity contribution is -0.137. The maximum Gasteiger partial charge on any atom is 0.326 e. The van der Waals surface area contributed by atoms with Gasteiger partial charge in [-0.05, 0) is 36.8 Å². The summed E-state index contributed by atoms with van der Waals surface area (Å²) in [5, 5.41) is 14.1. The van der Waals surface area contributed by atoms with E-state index in [0.29, 0.717) is 35.6 Å². The number of rotatable bonds is 12. The summed E-state index contributed by atoms with van der Waals surface area (Å²) >= 11 is 1.71. The predicted molar refractivity (Wildman–Crippen MR) is 161 cm³/mol. The molecule has 0 radical (unpaired) electrons. The SMILES string of the molecule is Cc1sc(N2CCOCC2)nc1CCOc1ccc(C[C@H](Nc2ccccc2C(=O)c2ccccc2)C(=O)O)cc1. The number of aromatic nitrogens is 1. The number of benzene rings is 3. The summed E-state index contributed by atoms with van der Waals surface area (Å²) in [5.41, 5.74) is 3.36. The number of hydrogen-bond acceptors (Lipinski definition) is 8. The fraction of sp³-hybridized carbons (Fsp3) is 0.281. The molecular weight excluding hydrogens is 538 g/mol. The van der Waals surface area contributed by atoms with Gasteiger partial charge >= 0.3 is 5.97 Å². The lowest BCUT2D eigenvalue weighted by Crippen LogP contribution is -2.36. The minimum atomic E-state index is -0.998. The summed E-state index contributed by atoms with van der Waals surface area (Å²) in [4.78, 5) is 33.5. The zero-order valence-corrected chi connectivity index (χ0v) is 23.7. The average molecular weight is 572 g/mol. The molecule has 1 fully saturated rings. The number of morpholine rings is 1. The molecule has 0 aliphatic carbocycles. The molecule has 212 valence electrons. The number of thiazole rings is 1. The highest BCUT2D eigenvalue weighted by Gasteiger charge is 2.22. The third-order valence-corrected chi connectivity index (χ3v) is 8.04. The van der Waals surface area contributed by atoms with Gasteiger partial charge in [-0.25, -0.2) is 9.78 Å². The van der Waals surface area contributed by atoms with Crippen LogP contribution in [-0.4, -0.2) is 60.8 Å². The number of ether oxygens (including phenoxy) is 2. The Labute approximate surface area is 243 Å². The van der Waals surface area contributed by atoms with Crippen LogP contribution in [0.15, 0.2) is 78.9 Å². The van der Waals surface area contributed by atoms with Crippen LogP contribution in [0.25, 0.3) is 0 Å². The van der Waals surface area contributed by atoms with Gasteiger partial charge < -0.3 is 24.8 Å². The molecule has 0 unspecified atom stereocenters. The maximum atomic E-state index is 13.1. The molecule has 2 N–H and O–H groups in total. The highest BCUT2D eigenvalue weighted by Crippen LogP contribution is 2.27. The number of carboxylic acids is 1. The second kappa shape index (κ2) is 13.4. The molecule has 1 aliphatic heterocycles. The first-order valence-electron chi connectivity index (χ1n) is 13.7. The van der Waals surface area contributed by atoms with Crippen molar-refractivity contribution in [3.05, 3.63) is 106 Å². The molecule has 1 atom stereocenters. The summed E-state index contributed by atoms with van der Waals surface area (Å²) < 4.78 is 11.4. The number of carbonyl (C=O) groups is 2. The smallest absolute Gasteiger partial charge is 0.326 e. The largest absolute Gasteiger partial charge is 0.493 e. The number of carbonyl (C=O) groups excluding carboxylic acids is 1. The van der Waals surface area contributed by atoms with E-state index < -0.39 is 12.0 Å². The number of hydrogen-bond donors (Lipinski definition) is 2. The lowest BCUT2D eigenvalue weighted by Gasteiger charge is -2.26. The van der Waals surface area contributed by atoms with Gasteiger partial charge in [0.05, 0.1) is 25.5 Å². The van der Waals surface area contributed by atoms with Gasteiger partial charge in [0.1, 0.15) is 11.8 Å². The summed E-state index contributed by atoms with van der Waals surface area (Å²) in [7, 11) is 0. The van der Waals surface area contributed by atoms with E-state index in [-0.39, 0.29) is 12.2 Å². The second-order valence-electron chi connectivity index (χ2n) is 9.82. The van der Waals surface area contributed by atoms with Crippen LogP contribution < -0.4 is 15.0 Å². The van der Waals surface area contributed by atoms with Gasteiger partial charge in [0.15, 0.2) is 10.9 Å². The quantitative estimate of drug-likeness (QED) is 0.223. The Morgan fingerprint density at radius 1 is 1.02 bits per heavy atom. The van der Waals surface area contributed by atoms with Crippen molar-refractivity contribution in [3.8, 4) is 5.75 Å². The zero-order valence-electron chi connectivity index (χ0n) is 22.9. The molecule has 3 aromatic carbocycles. The van der Waals surface area contributed by atoms with Crippen molar-refractivity contribution in [1.82, 2.24) is 4.98 Å². The van der Waals surface area contributed by atoms with Crippen molar-refractivity contribution in [3.63, 3.8) is 0 Å². The van der Waals surface area contributed by atoms with E-state index in [2.05, 4.69) is 17.1 Å². The first-order chi connectivity index (χ1) is 20.0. The Morgan fingerprint density at radius 3 is 2.46 bits per heavy atom. The summed E-state index contributed by atoms with van der Waals surface area (Å²) in [6.07, 6.45) is 0.951. The van der Waals surface area contributed by atoms with Gasteiger partial charge in [0.2, 0.25) is 0 Å². The summed E-state index contributed by atoms with van der Waals surface area (Å²) in [6.45, 7) is 5.79. The molecule has 9 heteroatoms. The van der Waals surface area contributed by atoms with Crippen molar-refractivity contribution >= 4 is 33.9 Å². The van der Waals surface area contributed by atoms with Crippen LogP contribution in [0, 0.1) is 6.92 Å². The minimum absolute atomic E-state index is 0.162. The number of nitrogens with zero attached hydrogens (tertiary/aromatic N) is 2. The Balaban J connectivity index is 1.17. The highest BCUT2D eigenvalue weighted by molar-refractivity contribution is 7.15. The first kappa shape index (κ1) is 28.3. The predicted octanol–water partition coefficient (Wildman–Crippen LogP) is 5.25. The zero-order chi connectivity index (χ0) is 28.6. The Morgan fingerprint density at radius 2 is 1.73 bits per heavy atom. The molecule has 0 saturated carbocycles. The Kier molecular flexibility index (Phi) is 9.28. The molecule has 1 aliphatic rings. The number of aliphatic carboxylic acids is 1. The molecule has 0 spiro atoms. The van der Waals surface area contributed by atoms with Crippen molar-refractivity contribution in [1.29, 1.82) is 0 Å². The molecule has 5 rings (SSSR count). The normalized spacial score (nSPS) is 13.9. The number of para-hydroxylation sites is 1. The fourth-order valence-corrected chi connectivity index (χ4v) is 5.70. The van der Waals surface area contributed by atoms with Gasteiger partial charge in [-0.15, -0.1) is 11.3 Å². The van der Waals surface area contributed by atoms with Gasteiger partial charge in [-0.2, -0.15) is 0 Å². The molecule has 1 saturated heterocycles. The minimum Gasteiger partial charge on any atom is -0.493 e. The van der Waals surface area contributed by atoms with Gasteiger partial charge in [-0.3, -0.25) is 4.79 Å². The third-order valence-electron chi connectivity index (χ3n) is 6.97. The van der Waals surface area contributed by atoms with Gasteiger partial charge in [-0.1, -0.05) is 54.6 Å². The van der Waals surface area contributed by atoms with Crippen LogP contribution in [-0.2, 0) is 22.4 Å². The molecule has 1 aromatic heterocycles. The van der Waals surface area contributed by atoms with Gasteiger partial charge in [0, 0.05) is 47.6 Å². The Bertz CT molecular complexity index is 1470. The van der Waals surface area contributed by atoms with E-state index in [1.165, 1.54) is 4.88 Å². The van der Waals surface area contributed by atoms with E-state index in [1.54, 1.807) is 59.9 Å². The monoisotopic (exact) mass is 571 g/mol. The standard InChI is InChI=1S/C32H33N3O5S/c1-22-27(34-32(41-22)35-16-19-39-20-17-35)15-18-40-25-13-11-23(12-14-25)21-29(31(37)38)33-28-10-6-5-9-26(28)30(36)24-7-3-2-4-8-24/h2-14,29,33H,15-21H2,1H3,(H,37,38)/t29-/m0/s1. The average Bonchev–Trinajstić information content (AvgIpc) is 3.38. The molecule has 0 amide bonds. The van der Waals surface area contributed by atoms with E-state index in [4.69, 9.17) is 14.5 Å². The Hall–Kier alpha value is -4.21. The van der Waals surface area contributed by atoms with E-state index in [1.807, 2.05) is 30.3 Å². The maximum absolute atomic E-state index is 13.1. The van der Waals surface area contributed by atoms with Crippen LogP contribution in [0.4, 0.5) is 10.8 Å². The van der Waals surface area contributed by atoms with Crippen LogP contribution >= 0.6 is 11.3 Å². The fourth-order valence-electron chi connectivity index (χ4n) is 4.70. The molecule has 0 bridgehead atoms. The number of nitrogens with one attached hydrogen (secondary N) is 1. The first-order valence-corrected chi connectivity index (χ1v) is 14.5. The van der Waals surface area contributed by atoms with E-state index in [0.717, 1.165) is 42.7 Å². The summed E-state index contributed by atoms with van der Waals surface area (Å²) in [5.74, 6) is -0.444. The molecule has 8 nitrogen and oxygen atoms in total. The third kappa shape index (κ3) is 7.31. The van der Waals surface area contributed by atoms with Crippen LogP contribution in [0.2, 0.25) is 0 Å². The molecule has 2 heterocycles. The van der Waals surface area contributed by atoms with Crippen molar-refractivity contribution < 1.29 is 24.2 Å². The van der Waals surface area contributed by atoms with Crippen LogP contribution in [0.1, 0.15) is 32.1 Å².